The van der Waals surface area contributed by atoms with Crippen molar-refractivity contribution < 1.29 is 19.1 Å². The molecule has 98 valence electrons. The Kier molecular flexibility index (Phi) is 4.83. The fraction of sp³-hybridized carbons (Fsp3) is 0.385. The van der Waals surface area contributed by atoms with E-state index in [-0.39, 0.29) is 30.4 Å². The van der Waals surface area contributed by atoms with Crippen molar-refractivity contribution >= 4 is 17.6 Å². The van der Waals surface area contributed by atoms with Gasteiger partial charge in [0.15, 0.2) is 0 Å². The highest BCUT2D eigenvalue weighted by atomic mass is 19.1. The number of aryl methyl sites for hydroxylation is 1. The minimum absolute atomic E-state index is 0.0552. The number of aliphatic carboxylic acids is 1. The van der Waals surface area contributed by atoms with Crippen LogP contribution in [0.15, 0.2) is 18.2 Å². The molecule has 0 aromatic heterocycles. The molecule has 0 aliphatic carbocycles. The van der Waals surface area contributed by atoms with E-state index in [2.05, 4.69) is 5.32 Å². The molecule has 4 nitrogen and oxygen atoms in total. The van der Waals surface area contributed by atoms with Gasteiger partial charge in [0.1, 0.15) is 5.82 Å². The van der Waals surface area contributed by atoms with Crippen LogP contribution in [-0.2, 0) is 9.59 Å². The number of nitrogens with one attached hydrogen (secondary N) is 1. The van der Waals surface area contributed by atoms with Crippen LogP contribution >= 0.6 is 0 Å². The molecule has 2 N–H and O–H groups in total. The molecule has 0 aliphatic rings. The number of carbonyl (C=O) groups excluding carboxylic acids is 1. The van der Waals surface area contributed by atoms with Crippen molar-refractivity contribution in [3.05, 3.63) is 29.6 Å². The Hall–Kier alpha value is -1.91. The zero-order valence-corrected chi connectivity index (χ0v) is 10.4. The minimum atomic E-state index is -0.947. The van der Waals surface area contributed by atoms with Crippen molar-refractivity contribution in [3.8, 4) is 0 Å². The second kappa shape index (κ2) is 6.14. The van der Waals surface area contributed by atoms with Gasteiger partial charge in [0, 0.05) is 12.8 Å². The first-order chi connectivity index (χ1) is 8.38. The van der Waals surface area contributed by atoms with E-state index < -0.39 is 11.8 Å². The molecule has 5 heteroatoms. The smallest absolute Gasteiger partial charge is 0.303 e. The fourth-order valence-electron chi connectivity index (χ4n) is 1.62. The molecule has 1 atom stereocenters. The van der Waals surface area contributed by atoms with Gasteiger partial charge in [-0.25, -0.2) is 4.39 Å². The number of carbonyl (C=O) groups is 2. The third-order valence-electron chi connectivity index (χ3n) is 2.45. The van der Waals surface area contributed by atoms with E-state index in [1.54, 1.807) is 19.9 Å². The van der Waals surface area contributed by atoms with Crippen LogP contribution in [0.5, 0.6) is 0 Å². The monoisotopic (exact) mass is 253 g/mol. The standard InChI is InChI=1S/C13H16FNO3/c1-8-3-4-10(14)11(5-8)15-12(16)6-9(2)7-13(17)18/h3-5,9H,6-7H2,1-2H3,(H,15,16)(H,17,18). The van der Waals surface area contributed by atoms with E-state index in [1.165, 1.54) is 12.1 Å². The summed E-state index contributed by atoms with van der Waals surface area (Å²) in [5.74, 6) is -2.11. The average Bonchev–Trinajstić information content (AvgIpc) is 2.21. The van der Waals surface area contributed by atoms with Crippen molar-refractivity contribution in [1.82, 2.24) is 0 Å². The van der Waals surface area contributed by atoms with Crippen molar-refractivity contribution in [2.24, 2.45) is 5.92 Å². The maximum Gasteiger partial charge on any atom is 0.303 e. The molecule has 0 fully saturated rings. The summed E-state index contributed by atoms with van der Waals surface area (Å²) in [4.78, 5) is 22.1. The molecule has 0 radical (unpaired) electrons. The Morgan fingerprint density at radius 3 is 2.67 bits per heavy atom. The van der Waals surface area contributed by atoms with E-state index in [4.69, 9.17) is 5.11 Å². The summed E-state index contributed by atoms with van der Waals surface area (Å²) in [6.45, 7) is 3.46. The summed E-state index contributed by atoms with van der Waals surface area (Å²) in [6, 6.07) is 4.43. The molecule has 18 heavy (non-hydrogen) atoms. The van der Waals surface area contributed by atoms with Gasteiger partial charge in [-0.05, 0) is 30.5 Å². The molecule has 1 unspecified atom stereocenters. The number of halogens is 1. The summed E-state index contributed by atoms with van der Waals surface area (Å²) in [6.07, 6.45) is -0.0244. The number of amides is 1. The van der Waals surface area contributed by atoms with Crippen LogP contribution in [0, 0.1) is 18.7 Å². The van der Waals surface area contributed by atoms with Crippen LogP contribution in [0.25, 0.3) is 0 Å². The quantitative estimate of drug-likeness (QED) is 0.847. The van der Waals surface area contributed by atoms with Crippen LogP contribution in [0.4, 0.5) is 10.1 Å². The maximum absolute atomic E-state index is 13.4. The second-order valence-electron chi connectivity index (χ2n) is 4.44. The SMILES string of the molecule is Cc1ccc(F)c(NC(=O)CC(C)CC(=O)O)c1. The Morgan fingerprint density at radius 2 is 2.06 bits per heavy atom. The highest BCUT2D eigenvalue weighted by Crippen LogP contribution is 2.17. The first-order valence-electron chi connectivity index (χ1n) is 5.66. The highest BCUT2D eigenvalue weighted by Gasteiger charge is 2.14. The Balaban J connectivity index is 2.59. The van der Waals surface area contributed by atoms with Gasteiger partial charge in [-0.3, -0.25) is 9.59 Å². The van der Waals surface area contributed by atoms with Crippen LogP contribution in [0.3, 0.4) is 0 Å². The van der Waals surface area contributed by atoms with Gasteiger partial charge < -0.3 is 10.4 Å². The first kappa shape index (κ1) is 14.2. The zero-order chi connectivity index (χ0) is 13.7. The van der Waals surface area contributed by atoms with Crippen LogP contribution in [-0.4, -0.2) is 17.0 Å². The van der Waals surface area contributed by atoms with E-state index in [0.717, 1.165) is 5.56 Å². The fourth-order valence-corrected chi connectivity index (χ4v) is 1.62. The lowest BCUT2D eigenvalue weighted by atomic mass is 10.0. The van der Waals surface area contributed by atoms with Gasteiger partial charge in [-0.1, -0.05) is 13.0 Å². The zero-order valence-electron chi connectivity index (χ0n) is 10.4. The number of carboxylic acids is 1. The second-order valence-corrected chi connectivity index (χ2v) is 4.44. The number of hydrogen-bond acceptors (Lipinski definition) is 2. The number of carboxylic acid groups (broad SMARTS) is 1. The Morgan fingerprint density at radius 1 is 1.39 bits per heavy atom. The number of benzene rings is 1. The maximum atomic E-state index is 13.4. The van der Waals surface area contributed by atoms with E-state index in [1.807, 2.05) is 0 Å². The van der Waals surface area contributed by atoms with Gasteiger partial charge in [-0.15, -0.1) is 0 Å². The lowest BCUT2D eigenvalue weighted by Gasteiger charge is -2.10. The molecule has 0 spiro atoms. The van der Waals surface area contributed by atoms with Gasteiger partial charge in [0.25, 0.3) is 0 Å². The molecule has 1 aromatic rings. The van der Waals surface area contributed by atoms with E-state index in [9.17, 15) is 14.0 Å². The van der Waals surface area contributed by atoms with E-state index >= 15 is 0 Å². The Bertz CT molecular complexity index is 460. The summed E-state index contributed by atoms with van der Waals surface area (Å²) in [5, 5.41) is 11.0. The molecule has 1 amide bonds. The summed E-state index contributed by atoms with van der Waals surface area (Å²) < 4.78 is 13.4. The van der Waals surface area contributed by atoms with Crippen LogP contribution in [0.1, 0.15) is 25.3 Å². The molecule has 0 bridgehead atoms. The average molecular weight is 253 g/mol. The topological polar surface area (TPSA) is 66.4 Å². The third-order valence-corrected chi connectivity index (χ3v) is 2.45. The van der Waals surface area contributed by atoms with Crippen LogP contribution in [0.2, 0.25) is 0 Å². The molecule has 0 saturated carbocycles. The van der Waals surface area contributed by atoms with Gasteiger partial charge in [-0.2, -0.15) is 0 Å². The minimum Gasteiger partial charge on any atom is -0.481 e. The molecule has 0 heterocycles. The Labute approximate surface area is 105 Å². The molecular formula is C13H16FNO3. The lowest BCUT2D eigenvalue weighted by Crippen LogP contribution is -2.17. The van der Waals surface area contributed by atoms with Crippen molar-refractivity contribution in [3.63, 3.8) is 0 Å². The number of anilines is 1. The number of rotatable bonds is 5. The molecule has 1 aromatic carbocycles. The molecule has 0 aliphatic heterocycles. The predicted octanol–water partition coefficient (Wildman–Crippen LogP) is 2.57. The lowest BCUT2D eigenvalue weighted by molar-refractivity contribution is -0.138. The van der Waals surface area contributed by atoms with Gasteiger partial charge >= 0.3 is 5.97 Å². The summed E-state index contributed by atoms with van der Waals surface area (Å²) in [7, 11) is 0. The predicted molar refractivity (Wildman–Crippen MR) is 65.8 cm³/mol. The van der Waals surface area contributed by atoms with Crippen molar-refractivity contribution in [2.45, 2.75) is 26.7 Å². The molecule has 0 saturated heterocycles. The van der Waals surface area contributed by atoms with Gasteiger partial charge in [0.05, 0.1) is 5.69 Å². The summed E-state index contributed by atoms with van der Waals surface area (Å²) in [5.41, 5.74) is 0.966. The van der Waals surface area contributed by atoms with Crippen molar-refractivity contribution in [1.29, 1.82) is 0 Å². The van der Waals surface area contributed by atoms with Crippen LogP contribution < -0.4 is 5.32 Å². The molecular weight excluding hydrogens is 237 g/mol. The first-order valence-corrected chi connectivity index (χ1v) is 5.66. The van der Waals surface area contributed by atoms with E-state index in [0.29, 0.717) is 0 Å². The highest BCUT2D eigenvalue weighted by molar-refractivity contribution is 5.91. The third kappa shape index (κ3) is 4.53. The number of hydrogen-bond donors (Lipinski definition) is 2. The normalized spacial score (nSPS) is 11.9. The molecule has 1 rings (SSSR count). The van der Waals surface area contributed by atoms with Crippen molar-refractivity contribution in [2.75, 3.05) is 5.32 Å². The largest absolute Gasteiger partial charge is 0.481 e. The summed E-state index contributed by atoms with van der Waals surface area (Å²) >= 11 is 0. The van der Waals surface area contributed by atoms with Gasteiger partial charge in [0.2, 0.25) is 5.91 Å².